The molecule has 0 fully saturated rings. The Morgan fingerprint density at radius 1 is 1.00 bits per heavy atom. The van der Waals surface area contributed by atoms with Gasteiger partial charge in [-0.2, -0.15) is 4.99 Å². The SMILES string of the molecule is CCCCCCCCCCCN=C1N=C(N)N(Cc2ccc(OC)cc2)C(C)(C)N1. The van der Waals surface area contributed by atoms with E-state index in [0.717, 1.165) is 24.3 Å². The molecule has 0 saturated heterocycles. The number of rotatable bonds is 13. The van der Waals surface area contributed by atoms with Crippen LogP contribution >= 0.6 is 0 Å². The van der Waals surface area contributed by atoms with Crippen molar-refractivity contribution in [1.29, 1.82) is 0 Å². The predicted molar refractivity (Wildman–Crippen MR) is 127 cm³/mol. The lowest BCUT2D eigenvalue weighted by molar-refractivity contribution is 0.178. The van der Waals surface area contributed by atoms with E-state index in [1.807, 2.05) is 12.1 Å². The van der Waals surface area contributed by atoms with Crippen molar-refractivity contribution in [2.45, 2.75) is 90.8 Å². The lowest BCUT2D eigenvalue weighted by atomic mass is 10.1. The summed E-state index contributed by atoms with van der Waals surface area (Å²) >= 11 is 0. The van der Waals surface area contributed by atoms with Gasteiger partial charge in [0.2, 0.25) is 11.9 Å². The number of guanidine groups is 2. The van der Waals surface area contributed by atoms with E-state index in [9.17, 15) is 0 Å². The molecule has 1 heterocycles. The number of nitrogens with zero attached hydrogens (tertiary/aromatic N) is 3. The molecule has 0 spiro atoms. The number of nitrogens with one attached hydrogen (secondary N) is 1. The highest BCUT2D eigenvalue weighted by Gasteiger charge is 2.33. The van der Waals surface area contributed by atoms with Gasteiger partial charge < -0.3 is 20.7 Å². The van der Waals surface area contributed by atoms with Gasteiger partial charge in [0.1, 0.15) is 11.4 Å². The van der Waals surface area contributed by atoms with Crippen molar-refractivity contribution in [2.24, 2.45) is 15.7 Å². The molecule has 0 saturated carbocycles. The van der Waals surface area contributed by atoms with Gasteiger partial charge >= 0.3 is 0 Å². The second-order valence-corrected chi connectivity index (χ2v) is 8.62. The Morgan fingerprint density at radius 2 is 1.60 bits per heavy atom. The molecule has 6 heteroatoms. The van der Waals surface area contributed by atoms with Gasteiger partial charge in [-0.1, -0.05) is 70.4 Å². The van der Waals surface area contributed by atoms with Crippen LogP contribution in [0.25, 0.3) is 0 Å². The summed E-state index contributed by atoms with van der Waals surface area (Å²) in [5.41, 5.74) is 7.09. The van der Waals surface area contributed by atoms with Crippen molar-refractivity contribution >= 4 is 11.9 Å². The van der Waals surface area contributed by atoms with Crippen LogP contribution in [0.3, 0.4) is 0 Å². The van der Waals surface area contributed by atoms with Crippen LogP contribution in [0, 0.1) is 0 Å². The molecule has 6 nitrogen and oxygen atoms in total. The first-order valence-corrected chi connectivity index (χ1v) is 11.5. The molecule has 1 aliphatic rings. The quantitative estimate of drug-likeness (QED) is 0.443. The van der Waals surface area contributed by atoms with Crippen molar-refractivity contribution < 1.29 is 4.74 Å². The summed E-state index contributed by atoms with van der Waals surface area (Å²) in [6, 6.07) is 8.03. The Labute approximate surface area is 183 Å². The Bertz CT molecular complexity index is 681. The molecular formula is C24H41N5O. The summed E-state index contributed by atoms with van der Waals surface area (Å²) in [7, 11) is 1.67. The number of hydrogen-bond donors (Lipinski definition) is 2. The first kappa shape index (κ1) is 24.0. The summed E-state index contributed by atoms with van der Waals surface area (Å²) in [6.07, 6.45) is 11.8. The van der Waals surface area contributed by atoms with Crippen molar-refractivity contribution in [1.82, 2.24) is 10.2 Å². The van der Waals surface area contributed by atoms with Crippen LogP contribution in [0.1, 0.15) is 84.1 Å². The second-order valence-electron chi connectivity index (χ2n) is 8.62. The van der Waals surface area contributed by atoms with Crippen LogP contribution in [0.4, 0.5) is 0 Å². The molecule has 0 aromatic heterocycles. The molecule has 30 heavy (non-hydrogen) atoms. The molecule has 0 atom stereocenters. The zero-order valence-electron chi connectivity index (χ0n) is 19.4. The second kappa shape index (κ2) is 12.5. The highest BCUT2D eigenvalue weighted by atomic mass is 16.5. The number of unbranched alkanes of at least 4 members (excludes halogenated alkanes) is 8. The lowest BCUT2D eigenvalue weighted by Crippen LogP contribution is -2.63. The number of hydrogen-bond acceptors (Lipinski definition) is 4. The third kappa shape index (κ3) is 7.88. The standard InChI is InChI=1S/C24H41N5O/c1-5-6-7-8-9-10-11-12-13-18-26-23-27-22(25)29(24(2,3)28-23)19-20-14-16-21(30-4)17-15-20/h14-17H,5-13,18-19H2,1-4H3,(H3,25,26,27,28). The molecule has 0 bridgehead atoms. The first-order valence-electron chi connectivity index (χ1n) is 11.5. The van der Waals surface area contributed by atoms with E-state index in [4.69, 9.17) is 10.5 Å². The number of aliphatic imine (C=N–C) groups is 2. The van der Waals surface area contributed by atoms with E-state index >= 15 is 0 Å². The van der Waals surface area contributed by atoms with Crippen LogP contribution < -0.4 is 15.8 Å². The molecule has 0 unspecified atom stereocenters. The van der Waals surface area contributed by atoms with Crippen molar-refractivity contribution in [3.63, 3.8) is 0 Å². The fourth-order valence-corrected chi connectivity index (χ4v) is 3.70. The fourth-order valence-electron chi connectivity index (χ4n) is 3.70. The molecular weight excluding hydrogens is 374 g/mol. The van der Waals surface area contributed by atoms with Crippen LogP contribution in [-0.2, 0) is 6.54 Å². The third-order valence-corrected chi connectivity index (χ3v) is 5.61. The largest absolute Gasteiger partial charge is 0.497 e. The lowest BCUT2D eigenvalue weighted by Gasteiger charge is -2.43. The van der Waals surface area contributed by atoms with Gasteiger partial charge in [-0.05, 0) is 38.0 Å². The summed E-state index contributed by atoms with van der Waals surface area (Å²) < 4.78 is 5.23. The maximum absolute atomic E-state index is 6.30. The molecule has 3 N–H and O–H groups in total. The Balaban J connectivity index is 1.78. The Kier molecular flexibility index (Phi) is 9.98. The van der Waals surface area contributed by atoms with Crippen LogP contribution in [-0.4, -0.2) is 36.1 Å². The van der Waals surface area contributed by atoms with E-state index in [-0.39, 0.29) is 5.66 Å². The molecule has 1 aromatic rings. The van der Waals surface area contributed by atoms with Gasteiger partial charge in [-0.3, -0.25) is 4.99 Å². The monoisotopic (exact) mass is 415 g/mol. The van der Waals surface area contributed by atoms with E-state index < -0.39 is 0 Å². The molecule has 1 aromatic carbocycles. The fraction of sp³-hybridized carbons (Fsp3) is 0.667. The number of methoxy groups -OCH3 is 1. The molecule has 168 valence electrons. The maximum atomic E-state index is 6.30. The number of benzene rings is 1. The van der Waals surface area contributed by atoms with Crippen LogP contribution in [0.5, 0.6) is 5.75 Å². The summed E-state index contributed by atoms with van der Waals surface area (Å²) in [6.45, 7) is 7.94. The van der Waals surface area contributed by atoms with Crippen molar-refractivity contribution in [3.8, 4) is 5.75 Å². The molecule has 1 aliphatic heterocycles. The minimum absolute atomic E-state index is 0.358. The Morgan fingerprint density at radius 3 is 2.17 bits per heavy atom. The van der Waals surface area contributed by atoms with Crippen LogP contribution in [0.15, 0.2) is 34.3 Å². The van der Waals surface area contributed by atoms with Gasteiger partial charge in [0.05, 0.1) is 7.11 Å². The number of nitrogens with two attached hydrogens (primary N) is 1. The molecule has 0 aliphatic carbocycles. The smallest absolute Gasteiger partial charge is 0.223 e. The molecule has 2 rings (SSSR count). The zero-order chi connectivity index (χ0) is 21.8. The average Bonchev–Trinajstić information content (AvgIpc) is 2.72. The van der Waals surface area contributed by atoms with Crippen LogP contribution in [0.2, 0.25) is 0 Å². The molecule has 0 amide bonds. The zero-order valence-corrected chi connectivity index (χ0v) is 19.4. The maximum Gasteiger partial charge on any atom is 0.223 e. The van der Waals surface area contributed by atoms with Gasteiger partial charge in [-0.25, -0.2) is 0 Å². The van der Waals surface area contributed by atoms with Gasteiger partial charge in [0, 0.05) is 13.1 Å². The van der Waals surface area contributed by atoms with E-state index in [1.165, 1.54) is 51.4 Å². The topological polar surface area (TPSA) is 75.2 Å². The van der Waals surface area contributed by atoms with E-state index in [1.54, 1.807) is 7.11 Å². The first-order chi connectivity index (χ1) is 14.5. The normalized spacial score (nSPS) is 17.0. The van der Waals surface area contributed by atoms with Gasteiger partial charge in [0.25, 0.3) is 0 Å². The van der Waals surface area contributed by atoms with Gasteiger partial charge in [0.15, 0.2) is 0 Å². The Hall–Kier alpha value is -2.24. The summed E-state index contributed by atoms with van der Waals surface area (Å²) in [5.74, 6) is 1.99. The predicted octanol–water partition coefficient (Wildman–Crippen LogP) is 5.04. The minimum Gasteiger partial charge on any atom is -0.497 e. The van der Waals surface area contributed by atoms with Crippen molar-refractivity contribution in [3.05, 3.63) is 29.8 Å². The van der Waals surface area contributed by atoms with E-state index in [0.29, 0.717) is 18.5 Å². The third-order valence-electron chi connectivity index (χ3n) is 5.61. The summed E-state index contributed by atoms with van der Waals surface area (Å²) in [4.78, 5) is 11.2. The highest BCUT2D eigenvalue weighted by molar-refractivity contribution is 5.97. The number of ether oxygens (including phenoxy) is 1. The van der Waals surface area contributed by atoms with Crippen molar-refractivity contribution in [2.75, 3.05) is 13.7 Å². The summed E-state index contributed by atoms with van der Waals surface area (Å²) in [5, 5.41) is 3.43. The minimum atomic E-state index is -0.358. The highest BCUT2D eigenvalue weighted by Crippen LogP contribution is 2.20. The van der Waals surface area contributed by atoms with E-state index in [2.05, 4.69) is 53.1 Å². The average molecular weight is 416 g/mol. The van der Waals surface area contributed by atoms with Gasteiger partial charge in [-0.15, -0.1) is 0 Å². The molecule has 0 radical (unpaired) electrons.